The van der Waals surface area contributed by atoms with E-state index in [1.807, 2.05) is 60.7 Å². The molecule has 8 heteroatoms. The lowest BCUT2D eigenvalue weighted by molar-refractivity contribution is 0.254. The Hall–Kier alpha value is -2.97. The van der Waals surface area contributed by atoms with Gasteiger partial charge in [0, 0.05) is 6.42 Å². The summed E-state index contributed by atoms with van der Waals surface area (Å²) < 4.78 is 40.1. The van der Waals surface area contributed by atoms with E-state index < -0.39 is 10.1 Å². The lowest BCUT2D eigenvalue weighted by Crippen LogP contribution is -2.14. The van der Waals surface area contributed by atoms with Gasteiger partial charge in [0.25, 0.3) is 10.1 Å². The molecule has 0 aliphatic heterocycles. The molecule has 0 amide bonds. The minimum atomic E-state index is -3.66. The number of rotatable bonds is 12. The van der Waals surface area contributed by atoms with Crippen LogP contribution in [0.2, 0.25) is 0 Å². The SMILES string of the molecule is CC(C)Cc1nc(OCCc2ccccc2)c(COS(C)(=O)=O)nc1OCc1ccccc1. The average Bonchev–Trinajstić information content (AvgIpc) is 2.78. The third-order valence-corrected chi connectivity index (χ3v) is 5.21. The lowest BCUT2D eigenvalue weighted by atomic mass is 10.1. The second-order valence-electron chi connectivity index (χ2n) is 8.15. The maximum Gasteiger partial charge on any atom is 0.264 e. The Balaban J connectivity index is 1.85. The quantitative estimate of drug-likeness (QED) is 0.364. The first kappa shape index (κ1) is 24.7. The van der Waals surface area contributed by atoms with Gasteiger partial charge < -0.3 is 9.47 Å². The summed E-state index contributed by atoms with van der Waals surface area (Å²) in [6.45, 7) is 4.58. The standard InChI is InChI=1S/C25H30N2O5S/c1-19(2)16-22-24(31-17-21-12-8-5-9-13-21)27-23(18-32-33(3,28)29)25(26-22)30-15-14-20-10-6-4-7-11-20/h4-13,19H,14-18H2,1-3H3. The van der Waals surface area contributed by atoms with E-state index in [1.165, 1.54) is 0 Å². The van der Waals surface area contributed by atoms with Crippen LogP contribution in [0.25, 0.3) is 0 Å². The monoisotopic (exact) mass is 470 g/mol. The highest BCUT2D eigenvalue weighted by Gasteiger charge is 2.19. The molecule has 0 bridgehead atoms. The van der Waals surface area contributed by atoms with Crippen molar-refractivity contribution in [2.75, 3.05) is 12.9 Å². The van der Waals surface area contributed by atoms with Gasteiger partial charge in [-0.1, -0.05) is 74.5 Å². The molecule has 0 aliphatic rings. The van der Waals surface area contributed by atoms with Crippen molar-refractivity contribution >= 4 is 10.1 Å². The number of ether oxygens (including phenoxy) is 2. The van der Waals surface area contributed by atoms with Crippen molar-refractivity contribution < 1.29 is 22.1 Å². The van der Waals surface area contributed by atoms with Gasteiger partial charge in [-0.05, 0) is 23.5 Å². The highest BCUT2D eigenvalue weighted by atomic mass is 32.2. The number of aromatic nitrogens is 2. The molecular formula is C25H30N2O5S. The summed E-state index contributed by atoms with van der Waals surface area (Å²) in [6, 6.07) is 19.7. The maximum absolute atomic E-state index is 11.6. The summed E-state index contributed by atoms with van der Waals surface area (Å²) in [5, 5.41) is 0. The summed E-state index contributed by atoms with van der Waals surface area (Å²) in [6.07, 6.45) is 2.32. The predicted octanol–water partition coefficient (Wildman–Crippen LogP) is 4.35. The normalized spacial score (nSPS) is 11.5. The Morgan fingerprint density at radius 2 is 1.36 bits per heavy atom. The van der Waals surface area contributed by atoms with Crippen molar-refractivity contribution in [3.8, 4) is 11.8 Å². The molecule has 0 N–H and O–H groups in total. The zero-order valence-electron chi connectivity index (χ0n) is 19.2. The van der Waals surface area contributed by atoms with Crippen LogP contribution < -0.4 is 9.47 Å². The van der Waals surface area contributed by atoms with Gasteiger partial charge in [0.05, 0.1) is 12.9 Å². The van der Waals surface area contributed by atoms with E-state index in [9.17, 15) is 8.42 Å². The van der Waals surface area contributed by atoms with Crippen molar-refractivity contribution in [3.05, 3.63) is 83.2 Å². The molecule has 2 aromatic carbocycles. The van der Waals surface area contributed by atoms with Crippen molar-refractivity contribution in [3.63, 3.8) is 0 Å². The zero-order chi connectivity index (χ0) is 23.7. The van der Waals surface area contributed by atoms with Crippen LogP contribution in [0.1, 0.15) is 36.4 Å². The molecule has 7 nitrogen and oxygen atoms in total. The van der Waals surface area contributed by atoms with Gasteiger partial charge in [-0.25, -0.2) is 9.97 Å². The molecule has 0 spiro atoms. The molecule has 33 heavy (non-hydrogen) atoms. The molecule has 176 valence electrons. The van der Waals surface area contributed by atoms with E-state index in [1.54, 1.807) is 0 Å². The van der Waals surface area contributed by atoms with E-state index in [0.29, 0.717) is 43.5 Å². The Labute approximate surface area is 195 Å². The number of hydrogen-bond acceptors (Lipinski definition) is 7. The van der Waals surface area contributed by atoms with Gasteiger partial charge in [0.2, 0.25) is 11.8 Å². The summed E-state index contributed by atoms with van der Waals surface area (Å²) in [7, 11) is -3.66. The van der Waals surface area contributed by atoms with E-state index in [2.05, 4.69) is 23.8 Å². The Kier molecular flexibility index (Phi) is 8.79. The summed E-state index contributed by atoms with van der Waals surface area (Å²) >= 11 is 0. The Morgan fingerprint density at radius 1 is 0.788 bits per heavy atom. The Bertz CT molecular complexity index is 1120. The molecule has 0 atom stereocenters. The van der Waals surface area contributed by atoms with Crippen molar-refractivity contribution in [2.24, 2.45) is 5.92 Å². The predicted molar refractivity (Wildman–Crippen MR) is 127 cm³/mol. The van der Waals surface area contributed by atoms with Crippen molar-refractivity contribution in [1.82, 2.24) is 9.97 Å². The molecule has 3 rings (SSSR count). The van der Waals surface area contributed by atoms with E-state index >= 15 is 0 Å². The fourth-order valence-corrected chi connectivity index (χ4v) is 3.44. The minimum Gasteiger partial charge on any atom is -0.476 e. The largest absolute Gasteiger partial charge is 0.476 e. The molecule has 0 unspecified atom stereocenters. The third kappa shape index (κ3) is 8.47. The van der Waals surface area contributed by atoms with Gasteiger partial charge in [0.15, 0.2) is 0 Å². The van der Waals surface area contributed by atoms with Crippen LogP contribution in [0.15, 0.2) is 60.7 Å². The maximum atomic E-state index is 11.6. The van der Waals surface area contributed by atoms with Gasteiger partial charge in [-0.15, -0.1) is 0 Å². The smallest absolute Gasteiger partial charge is 0.264 e. The number of benzene rings is 2. The van der Waals surface area contributed by atoms with Crippen LogP contribution in [-0.4, -0.2) is 31.2 Å². The van der Waals surface area contributed by atoms with Crippen LogP contribution >= 0.6 is 0 Å². The second kappa shape index (κ2) is 11.8. The first-order valence-corrected chi connectivity index (χ1v) is 12.7. The molecular weight excluding hydrogens is 440 g/mol. The molecule has 0 radical (unpaired) electrons. The van der Waals surface area contributed by atoms with Crippen molar-refractivity contribution in [2.45, 2.75) is 39.9 Å². The summed E-state index contributed by atoms with van der Waals surface area (Å²) in [5.41, 5.74) is 3.07. The van der Waals surface area contributed by atoms with Crippen LogP contribution in [0.5, 0.6) is 11.8 Å². The molecule has 0 fully saturated rings. The van der Waals surface area contributed by atoms with Gasteiger partial charge in [0.1, 0.15) is 24.6 Å². The molecule has 0 saturated carbocycles. The van der Waals surface area contributed by atoms with Crippen LogP contribution in [-0.2, 0) is 40.4 Å². The summed E-state index contributed by atoms with van der Waals surface area (Å²) in [5.74, 6) is 0.931. The number of nitrogens with zero attached hydrogens (tertiary/aromatic N) is 2. The van der Waals surface area contributed by atoms with E-state index in [0.717, 1.165) is 17.4 Å². The molecule has 1 heterocycles. The highest BCUT2D eigenvalue weighted by Crippen LogP contribution is 2.26. The van der Waals surface area contributed by atoms with Crippen molar-refractivity contribution in [1.29, 1.82) is 0 Å². The molecule has 0 aliphatic carbocycles. The van der Waals surface area contributed by atoms with Gasteiger partial charge in [-0.2, -0.15) is 8.42 Å². The molecule has 0 saturated heterocycles. The topological polar surface area (TPSA) is 87.6 Å². The van der Waals surface area contributed by atoms with E-state index in [-0.39, 0.29) is 18.2 Å². The van der Waals surface area contributed by atoms with E-state index in [4.69, 9.17) is 13.7 Å². The average molecular weight is 471 g/mol. The first-order chi connectivity index (χ1) is 15.8. The van der Waals surface area contributed by atoms with Gasteiger partial charge >= 0.3 is 0 Å². The minimum absolute atomic E-state index is 0.261. The molecule has 3 aromatic rings. The fourth-order valence-electron chi connectivity index (χ4n) is 3.11. The van der Waals surface area contributed by atoms with Crippen LogP contribution in [0.4, 0.5) is 0 Å². The zero-order valence-corrected chi connectivity index (χ0v) is 20.0. The first-order valence-electron chi connectivity index (χ1n) is 10.9. The molecule has 1 aromatic heterocycles. The van der Waals surface area contributed by atoms with Crippen LogP contribution in [0, 0.1) is 5.92 Å². The second-order valence-corrected chi connectivity index (χ2v) is 9.79. The summed E-state index contributed by atoms with van der Waals surface area (Å²) in [4.78, 5) is 9.24. The number of hydrogen-bond donors (Lipinski definition) is 0. The lowest BCUT2D eigenvalue weighted by Gasteiger charge is -2.16. The highest BCUT2D eigenvalue weighted by molar-refractivity contribution is 7.85. The third-order valence-electron chi connectivity index (χ3n) is 4.67. The Morgan fingerprint density at radius 3 is 1.97 bits per heavy atom. The van der Waals surface area contributed by atoms with Crippen LogP contribution in [0.3, 0.4) is 0 Å². The fraction of sp³-hybridized carbons (Fsp3) is 0.360. The van der Waals surface area contributed by atoms with Gasteiger partial charge in [-0.3, -0.25) is 4.18 Å².